The lowest BCUT2D eigenvalue weighted by Gasteiger charge is -2.03. The summed E-state index contributed by atoms with van der Waals surface area (Å²) in [4.78, 5) is 12.1. The van der Waals surface area contributed by atoms with E-state index >= 15 is 0 Å². The lowest BCUT2D eigenvalue weighted by atomic mass is 10.2. The Kier molecular flexibility index (Phi) is 3.89. The van der Waals surface area contributed by atoms with Gasteiger partial charge in [0.25, 0.3) is 5.69 Å². The molecule has 0 spiro atoms. The van der Waals surface area contributed by atoms with Crippen LogP contribution >= 0.6 is 23.4 Å². The van der Waals surface area contributed by atoms with Crippen molar-refractivity contribution in [2.45, 2.75) is 16.7 Å². The Morgan fingerprint density at radius 1 is 1.17 bits per heavy atom. The fourth-order valence-corrected chi connectivity index (χ4v) is 2.52. The number of hydrogen-bond donors (Lipinski definition) is 0. The van der Waals surface area contributed by atoms with Gasteiger partial charge in [-0.05, 0) is 31.2 Å². The van der Waals surface area contributed by atoms with Crippen LogP contribution < -0.4 is 0 Å². The molecule has 0 saturated heterocycles. The second kappa shape index (κ2) is 5.42. The van der Waals surface area contributed by atoms with Crippen molar-refractivity contribution >= 4 is 29.1 Å². The predicted molar refractivity (Wildman–Crippen MR) is 73.4 cm³/mol. The van der Waals surface area contributed by atoms with Crippen LogP contribution in [-0.2, 0) is 0 Å². The monoisotopic (exact) mass is 279 g/mol. The highest BCUT2D eigenvalue weighted by Crippen LogP contribution is 2.36. The summed E-state index contributed by atoms with van der Waals surface area (Å²) in [5.41, 5.74) is 1.19. The van der Waals surface area contributed by atoms with E-state index < -0.39 is 4.92 Å². The average molecular weight is 280 g/mol. The van der Waals surface area contributed by atoms with E-state index in [1.54, 1.807) is 12.1 Å². The van der Waals surface area contributed by atoms with Crippen molar-refractivity contribution in [3.05, 3.63) is 63.2 Å². The fourth-order valence-electron chi connectivity index (χ4n) is 1.45. The predicted octanol–water partition coefficient (Wildman–Crippen LogP) is 4.71. The minimum atomic E-state index is -0.414. The molecular weight excluding hydrogens is 270 g/mol. The van der Waals surface area contributed by atoms with Gasteiger partial charge in [0.1, 0.15) is 0 Å². The van der Waals surface area contributed by atoms with Gasteiger partial charge in [-0.15, -0.1) is 0 Å². The highest BCUT2D eigenvalue weighted by Gasteiger charge is 2.15. The molecule has 0 aliphatic carbocycles. The molecule has 2 rings (SSSR count). The van der Waals surface area contributed by atoms with Gasteiger partial charge in [-0.2, -0.15) is 0 Å². The molecule has 0 aliphatic rings. The maximum atomic E-state index is 11.0. The van der Waals surface area contributed by atoms with Crippen molar-refractivity contribution in [2.75, 3.05) is 0 Å². The number of rotatable bonds is 3. The average Bonchev–Trinajstić information content (AvgIpc) is 2.34. The van der Waals surface area contributed by atoms with Crippen LogP contribution in [0.3, 0.4) is 0 Å². The summed E-state index contributed by atoms with van der Waals surface area (Å²) in [6.45, 7) is 2.00. The van der Waals surface area contributed by atoms with E-state index in [0.717, 1.165) is 10.5 Å². The van der Waals surface area contributed by atoms with E-state index in [9.17, 15) is 10.1 Å². The largest absolute Gasteiger partial charge is 0.284 e. The molecular formula is C13H10ClNO2S. The summed E-state index contributed by atoms with van der Waals surface area (Å²) in [5.74, 6) is 0. The third-order valence-corrected chi connectivity index (χ3v) is 3.67. The number of hydrogen-bond acceptors (Lipinski definition) is 3. The number of nitrogens with zero attached hydrogens (tertiary/aromatic N) is 1. The Balaban J connectivity index is 2.34. The van der Waals surface area contributed by atoms with Crippen LogP contribution in [0, 0.1) is 17.0 Å². The zero-order chi connectivity index (χ0) is 13.1. The summed E-state index contributed by atoms with van der Waals surface area (Å²) >= 11 is 7.13. The third kappa shape index (κ3) is 3.03. The van der Waals surface area contributed by atoms with Gasteiger partial charge >= 0.3 is 0 Å². The molecule has 0 amide bonds. The van der Waals surface area contributed by atoms with Crippen molar-refractivity contribution in [2.24, 2.45) is 0 Å². The van der Waals surface area contributed by atoms with E-state index in [4.69, 9.17) is 11.6 Å². The molecule has 0 aromatic heterocycles. The van der Waals surface area contributed by atoms with Crippen molar-refractivity contribution in [3.8, 4) is 0 Å². The summed E-state index contributed by atoms with van der Waals surface area (Å²) in [6.07, 6.45) is 0. The Morgan fingerprint density at radius 2 is 1.83 bits per heavy atom. The SMILES string of the molecule is Cc1ccc(Sc2ccc(Cl)cc2[N+](=O)[O-])cc1. The standard InChI is InChI=1S/C13H10ClNO2S/c1-9-2-5-11(6-3-9)18-13-7-4-10(14)8-12(13)15(16)17/h2-8H,1H3. The molecule has 0 atom stereocenters. The fraction of sp³-hybridized carbons (Fsp3) is 0.0769. The normalized spacial score (nSPS) is 10.3. The third-order valence-electron chi connectivity index (χ3n) is 2.37. The highest BCUT2D eigenvalue weighted by atomic mass is 35.5. The van der Waals surface area contributed by atoms with Gasteiger partial charge in [0.05, 0.1) is 9.82 Å². The van der Waals surface area contributed by atoms with Crippen LogP contribution in [0.25, 0.3) is 0 Å². The van der Waals surface area contributed by atoms with Gasteiger partial charge in [-0.3, -0.25) is 10.1 Å². The topological polar surface area (TPSA) is 43.1 Å². The Hall–Kier alpha value is -1.52. The van der Waals surface area contributed by atoms with Crippen molar-refractivity contribution in [3.63, 3.8) is 0 Å². The lowest BCUT2D eigenvalue weighted by molar-refractivity contribution is -0.387. The van der Waals surface area contributed by atoms with Crippen LogP contribution in [0.15, 0.2) is 52.3 Å². The smallest absolute Gasteiger partial charge is 0.258 e. The molecule has 0 radical (unpaired) electrons. The van der Waals surface area contributed by atoms with Crippen LogP contribution in [0.4, 0.5) is 5.69 Å². The highest BCUT2D eigenvalue weighted by molar-refractivity contribution is 7.99. The molecule has 92 valence electrons. The van der Waals surface area contributed by atoms with Crippen LogP contribution in [-0.4, -0.2) is 4.92 Å². The zero-order valence-electron chi connectivity index (χ0n) is 9.59. The van der Waals surface area contributed by atoms with Gasteiger partial charge in [0, 0.05) is 16.0 Å². The quantitative estimate of drug-likeness (QED) is 0.604. The maximum Gasteiger partial charge on any atom is 0.284 e. The number of benzene rings is 2. The molecule has 0 aliphatic heterocycles. The van der Waals surface area contributed by atoms with E-state index in [0.29, 0.717) is 9.92 Å². The molecule has 0 bridgehead atoms. The number of nitro groups is 1. The van der Waals surface area contributed by atoms with Crippen molar-refractivity contribution in [1.29, 1.82) is 0 Å². The van der Waals surface area contributed by atoms with E-state index in [1.165, 1.54) is 17.8 Å². The maximum absolute atomic E-state index is 11.0. The summed E-state index contributed by atoms with van der Waals surface area (Å²) in [7, 11) is 0. The lowest BCUT2D eigenvalue weighted by Crippen LogP contribution is -1.90. The minimum absolute atomic E-state index is 0.0353. The van der Waals surface area contributed by atoms with Gasteiger partial charge in [-0.1, -0.05) is 41.1 Å². The second-order valence-electron chi connectivity index (χ2n) is 3.78. The van der Waals surface area contributed by atoms with Crippen LogP contribution in [0.5, 0.6) is 0 Å². The summed E-state index contributed by atoms with van der Waals surface area (Å²) in [6, 6.07) is 12.5. The van der Waals surface area contributed by atoms with Crippen molar-refractivity contribution < 1.29 is 4.92 Å². The number of halogens is 1. The first kappa shape index (κ1) is 12.9. The molecule has 0 unspecified atom stereocenters. The Bertz CT molecular complexity index is 584. The van der Waals surface area contributed by atoms with E-state index in [-0.39, 0.29) is 5.69 Å². The van der Waals surface area contributed by atoms with Crippen molar-refractivity contribution in [1.82, 2.24) is 0 Å². The first-order valence-corrected chi connectivity index (χ1v) is 6.44. The first-order valence-electron chi connectivity index (χ1n) is 5.25. The number of aryl methyl sites for hydroxylation is 1. The summed E-state index contributed by atoms with van der Waals surface area (Å²) in [5, 5.41) is 11.3. The molecule has 5 heteroatoms. The van der Waals surface area contributed by atoms with E-state index in [2.05, 4.69) is 0 Å². The van der Waals surface area contributed by atoms with Gasteiger partial charge in [0.15, 0.2) is 0 Å². The molecule has 0 heterocycles. The Morgan fingerprint density at radius 3 is 2.44 bits per heavy atom. The molecule has 0 saturated carbocycles. The van der Waals surface area contributed by atoms with Crippen LogP contribution in [0.1, 0.15) is 5.56 Å². The zero-order valence-corrected chi connectivity index (χ0v) is 11.2. The molecule has 0 N–H and O–H groups in total. The first-order chi connectivity index (χ1) is 8.56. The van der Waals surface area contributed by atoms with Gasteiger partial charge < -0.3 is 0 Å². The van der Waals surface area contributed by atoms with Crippen LogP contribution in [0.2, 0.25) is 5.02 Å². The molecule has 18 heavy (non-hydrogen) atoms. The van der Waals surface area contributed by atoms with Gasteiger partial charge in [-0.25, -0.2) is 0 Å². The second-order valence-corrected chi connectivity index (χ2v) is 5.34. The number of nitro benzene ring substituents is 1. The van der Waals surface area contributed by atoms with Gasteiger partial charge in [0.2, 0.25) is 0 Å². The Labute approximate surface area is 114 Å². The molecule has 2 aromatic rings. The molecule has 3 nitrogen and oxygen atoms in total. The molecule has 0 fully saturated rings. The van der Waals surface area contributed by atoms with E-state index in [1.807, 2.05) is 31.2 Å². The molecule has 2 aromatic carbocycles. The summed E-state index contributed by atoms with van der Waals surface area (Å²) < 4.78 is 0. The minimum Gasteiger partial charge on any atom is -0.258 e.